The fraction of sp³-hybridized carbons (Fsp3) is 0.695. The van der Waals surface area contributed by atoms with Crippen molar-refractivity contribution in [2.24, 2.45) is 0 Å². The molecule has 0 aromatic rings. The van der Waals surface area contributed by atoms with Gasteiger partial charge in [-0.2, -0.15) is 0 Å². The summed E-state index contributed by atoms with van der Waals surface area (Å²) in [5, 5.41) is 0. The first kappa shape index (κ1) is 60.8. The Morgan fingerprint density at radius 2 is 0.734 bits per heavy atom. The Labute approximate surface area is 396 Å². The van der Waals surface area contributed by atoms with Crippen LogP contribution in [0.25, 0.3) is 0 Å². The van der Waals surface area contributed by atoms with Crippen molar-refractivity contribution in [1.29, 1.82) is 0 Å². The lowest BCUT2D eigenvalue weighted by molar-refractivity contribution is -0.163. The first-order valence-corrected chi connectivity index (χ1v) is 26.8. The second kappa shape index (κ2) is 54.2. The molecule has 0 radical (unpaired) electrons. The second-order valence-electron chi connectivity index (χ2n) is 17.4. The Morgan fingerprint density at radius 1 is 0.359 bits per heavy atom. The minimum Gasteiger partial charge on any atom is -0.462 e. The van der Waals surface area contributed by atoms with Crippen LogP contribution < -0.4 is 0 Å². The van der Waals surface area contributed by atoms with Gasteiger partial charge in [0.05, 0.1) is 6.61 Å². The zero-order valence-electron chi connectivity index (χ0n) is 42.0. The second-order valence-corrected chi connectivity index (χ2v) is 17.4. The molecule has 0 aliphatic rings. The summed E-state index contributed by atoms with van der Waals surface area (Å²) >= 11 is 0. The Kier molecular flexibility index (Phi) is 51.5. The van der Waals surface area contributed by atoms with E-state index in [-0.39, 0.29) is 25.2 Å². The fourth-order valence-corrected chi connectivity index (χ4v) is 7.10. The molecule has 5 nitrogen and oxygen atoms in total. The van der Waals surface area contributed by atoms with E-state index in [9.17, 15) is 9.59 Å². The minimum atomic E-state index is -0.565. The van der Waals surface area contributed by atoms with E-state index < -0.39 is 6.10 Å². The van der Waals surface area contributed by atoms with Crippen molar-refractivity contribution in [2.75, 3.05) is 19.8 Å². The summed E-state index contributed by atoms with van der Waals surface area (Å²) in [6.07, 6.45) is 72.7. The largest absolute Gasteiger partial charge is 0.462 e. The first-order chi connectivity index (χ1) is 31.6. The van der Waals surface area contributed by atoms with Crippen LogP contribution in [-0.2, 0) is 23.8 Å². The van der Waals surface area contributed by atoms with Crippen molar-refractivity contribution in [1.82, 2.24) is 0 Å². The number of ether oxygens (including phenoxy) is 3. The molecule has 0 spiro atoms. The van der Waals surface area contributed by atoms with E-state index >= 15 is 0 Å². The number of hydrogen-bond donors (Lipinski definition) is 0. The highest BCUT2D eigenvalue weighted by Crippen LogP contribution is 2.13. The number of allylic oxidation sites excluding steroid dienone is 16. The van der Waals surface area contributed by atoms with Crippen LogP contribution in [0.2, 0.25) is 0 Å². The van der Waals surface area contributed by atoms with Crippen LogP contribution in [-0.4, -0.2) is 37.9 Å². The zero-order valence-corrected chi connectivity index (χ0v) is 42.0. The Bertz CT molecular complexity index is 1230. The van der Waals surface area contributed by atoms with Gasteiger partial charge in [0.1, 0.15) is 6.61 Å². The van der Waals surface area contributed by atoms with Crippen LogP contribution in [0.4, 0.5) is 0 Å². The minimum absolute atomic E-state index is 0.0603. The highest BCUT2D eigenvalue weighted by atomic mass is 16.6. The molecule has 1 atom stereocenters. The average Bonchev–Trinajstić information content (AvgIpc) is 3.30. The van der Waals surface area contributed by atoms with E-state index in [0.29, 0.717) is 19.4 Å². The lowest BCUT2D eigenvalue weighted by Gasteiger charge is -2.18. The van der Waals surface area contributed by atoms with Gasteiger partial charge < -0.3 is 14.2 Å². The number of rotatable bonds is 48. The van der Waals surface area contributed by atoms with Crippen molar-refractivity contribution in [3.05, 3.63) is 97.2 Å². The average molecular weight is 889 g/mol. The van der Waals surface area contributed by atoms with E-state index in [4.69, 9.17) is 14.2 Å². The van der Waals surface area contributed by atoms with Gasteiger partial charge in [0, 0.05) is 19.4 Å². The van der Waals surface area contributed by atoms with Gasteiger partial charge in [0.2, 0.25) is 0 Å². The van der Waals surface area contributed by atoms with Crippen LogP contribution in [0.5, 0.6) is 0 Å². The molecule has 0 aliphatic heterocycles. The fourth-order valence-electron chi connectivity index (χ4n) is 7.10. The van der Waals surface area contributed by atoms with E-state index in [1.54, 1.807) is 0 Å². The molecule has 366 valence electrons. The van der Waals surface area contributed by atoms with Crippen LogP contribution in [0.3, 0.4) is 0 Å². The summed E-state index contributed by atoms with van der Waals surface area (Å²) in [5.41, 5.74) is 0. The van der Waals surface area contributed by atoms with E-state index in [1.165, 1.54) is 83.5 Å². The van der Waals surface area contributed by atoms with Gasteiger partial charge in [-0.1, -0.05) is 208 Å². The van der Waals surface area contributed by atoms with Gasteiger partial charge in [0.15, 0.2) is 6.10 Å². The van der Waals surface area contributed by atoms with Crippen LogP contribution in [0.1, 0.15) is 239 Å². The van der Waals surface area contributed by atoms with Gasteiger partial charge >= 0.3 is 11.9 Å². The topological polar surface area (TPSA) is 61.8 Å². The predicted octanol–water partition coefficient (Wildman–Crippen LogP) is 18.2. The lowest BCUT2D eigenvalue weighted by Crippen LogP contribution is -2.30. The molecule has 0 aliphatic carbocycles. The summed E-state index contributed by atoms with van der Waals surface area (Å²) in [5.74, 6) is -0.440. The number of carbonyl (C=O) groups excluding carboxylic acids is 2. The maximum atomic E-state index is 12.8. The van der Waals surface area contributed by atoms with Gasteiger partial charge in [-0.3, -0.25) is 9.59 Å². The Hall–Kier alpha value is -3.18. The molecule has 0 aromatic heterocycles. The number of esters is 2. The highest BCUT2D eigenvalue weighted by molar-refractivity contribution is 5.70. The molecular weight excluding hydrogens is 789 g/mol. The van der Waals surface area contributed by atoms with Crippen LogP contribution in [0, 0.1) is 0 Å². The summed E-state index contributed by atoms with van der Waals surface area (Å²) in [7, 11) is 0. The van der Waals surface area contributed by atoms with Gasteiger partial charge in [0.25, 0.3) is 0 Å². The summed E-state index contributed by atoms with van der Waals surface area (Å²) < 4.78 is 17.4. The van der Waals surface area contributed by atoms with E-state index in [1.807, 2.05) is 0 Å². The maximum absolute atomic E-state index is 12.8. The maximum Gasteiger partial charge on any atom is 0.306 e. The van der Waals surface area contributed by atoms with Crippen molar-refractivity contribution < 1.29 is 23.8 Å². The predicted molar refractivity (Wildman–Crippen MR) is 279 cm³/mol. The molecule has 0 N–H and O–H groups in total. The van der Waals surface area contributed by atoms with Crippen molar-refractivity contribution >= 4 is 11.9 Å². The smallest absolute Gasteiger partial charge is 0.306 e. The third-order valence-electron chi connectivity index (χ3n) is 11.1. The lowest BCUT2D eigenvalue weighted by atomic mass is 10.1. The molecular formula is C59H100O5. The zero-order chi connectivity index (χ0) is 46.3. The molecule has 0 rings (SSSR count). The summed E-state index contributed by atoms with van der Waals surface area (Å²) in [6.45, 7) is 7.57. The molecule has 0 bridgehead atoms. The summed E-state index contributed by atoms with van der Waals surface area (Å²) in [6, 6.07) is 0. The molecule has 64 heavy (non-hydrogen) atoms. The molecule has 0 saturated carbocycles. The molecule has 0 amide bonds. The normalized spacial score (nSPS) is 13.0. The van der Waals surface area contributed by atoms with Gasteiger partial charge in [-0.25, -0.2) is 0 Å². The Morgan fingerprint density at radius 3 is 1.20 bits per heavy atom. The molecule has 0 saturated heterocycles. The number of unbranched alkanes of at least 4 members (excludes halogenated alkanes) is 21. The Balaban J connectivity index is 4.35. The molecule has 1 unspecified atom stereocenters. The van der Waals surface area contributed by atoms with Gasteiger partial charge in [-0.15, -0.1) is 0 Å². The third kappa shape index (κ3) is 51.5. The van der Waals surface area contributed by atoms with E-state index in [0.717, 1.165) is 122 Å². The van der Waals surface area contributed by atoms with Crippen LogP contribution >= 0.6 is 0 Å². The molecule has 5 heteroatoms. The van der Waals surface area contributed by atoms with Crippen molar-refractivity contribution in [3.8, 4) is 0 Å². The monoisotopic (exact) mass is 889 g/mol. The third-order valence-corrected chi connectivity index (χ3v) is 11.1. The number of hydrogen-bond acceptors (Lipinski definition) is 5. The highest BCUT2D eigenvalue weighted by Gasteiger charge is 2.17. The van der Waals surface area contributed by atoms with E-state index in [2.05, 4.69) is 118 Å². The van der Waals surface area contributed by atoms with Crippen molar-refractivity contribution in [3.63, 3.8) is 0 Å². The van der Waals surface area contributed by atoms with Crippen LogP contribution in [0.15, 0.2) is 97.2 Å². The van der Waals surface area contributed by atoms with Crippen molar-refractivity contribution in [2.45, 2.75) is 245 Å². The summed E-state index contributed by atoms with van der Waals surface area (Å²) in [4.78, 5) is 25.4. The first-order valence-electron chi connectivity index (χ1n) is 26.8. The van der Waals surface area contributed by atoms with Gasteiger partial charge in [-0.05, 0) is 116 Å². The SMILES string of the molecule is CC/C=C\C/C=C\C/C=C\C/C=C\C/C=C\CCCCCCOCC(COC(=O)CCCCCCC/C=C\CCCCCCCC)OC(=O)CCCCCCC/C=C\C/C=C\CCC. The number of carbonyl (C=O) groups is 2. The standard InChI is InChI=1S/C59H100O5/c1-4-7-10-13-16-19-22-25-27-28-29-30-31-33-36-39-42-45-48-51-54-62-55-57(64-59(61)53-50-47-44-41-38-34-24-21-18-15-12-9-6-3)56-63-58(60)52-49-46-43-40-37-35-32-26-23-20-17-14-11-8-5-2/h7,10,12,15-16,19,21,24-27,29-30,32-33,36,57H,4-6,8-9,11,13-14,17-18,20,22-23,28,31,34-35,37-56H2,1-3H3/b10-7-,15-12-,19-16-,24-21-,27-25-,30-29-,32-26-,36-33-. The molecule has 0 aromatic carbocycles. The quantitative estimate of drug-likeness (QED) is 0.0346. The molecule has 0 heterocycles. The molecule has 0 fully saturated rings.